The van der Waals surface area contributed by atoms with Crippen LogP contribution < -0.4 is 0 Å². The number of unbranched alkanes of at least 4 members (excludes halogenated alkanes) is 23. The van der Waals surface area contributed by atoms with E-state index in [1.165, 1.54) is 167 Å². The summed E-state index contributed by atoms with van der Waals surface area (Å²) in [5, 5.41) is 0. The van der Waals surface area contributed by atoms with Gasteiger partial charge >= 0.3 is 11.9 Å². The molecular formula is C57H112N2O5. The highest BCUT2D eigenvalue weighted by Gasteiger charge is 2.23. The Morgan fingerprint density at radius 1 is 0.359 bits per heavy atom. The van der Waals surface area contributed by atoms with E-state index in [0.717, 1.165) is 83.7 Å². The number of carbonyl (C=O) groups is 3. The molecule has 0 fully saturated rings. The van der Waals surface area contributed by atoms with Crippen molar-refractivity contribution in [2.45, 2.75) is 297 Å². The van der Waals surface area contributed by atoms with Gasteiger partial charge in [0.1, 0.15) is 0 Å². The quantitative estimate of drug-likeness (QED) is 0.0447. The summed E-state index contributed by atoms with van der Waals surface area (Å²) in [5.41, 5.74) is 0. The maximum absolute atomic E-state index is 13.9. The first-order valence-electron chi connectivity index (χ1n) is 28.5. The van der Waals surface area contributed by atoms with Crippen LogP contribution in [0.1, 0.15) is 291 Å². The first-order chi connectivity index (χ1) is 31.2. The maximum Gasteiger partial charge on any atom is 0.305 e. The van der Waals surface area contributed by atoms with Gasteiger partial charge < -0.3 is 19.3 Å². The molecule has 0 spiro atoms. The fraction of sp³-hybridized carbons (Fsp3) is 0.947. The van der Waals surface area contributed by atoms with Crippen molar-refractivity contribution in [3.05, 3.63) is 0 Å². The molecule has 380 valence electrons. The number of hydrogen-bond donors (Lipinski definition) is 0. The Morgan fingerprint density at radius 2 is 0.672 bits per heavy atom. The number of rotatable bonds is 50. The van der Waals surface area contributed by atoms with E-state index >= 15 is 0 Å². The molecule has 0 N–H and O–H groups in total. The third-order valence-electron chi connectivity index (χ3n) is 13.7. The first-order valence-corrected chi connectivity index (χ1v) is 28.5. The zero-order valence-corrected chi connectivity index (χ0v) is 44.3. The van der Waals surface area contributed by atoms with Gasteiger partial charge in [-0.3, -0.25) is 14.4 Å². The topological polar surface area (TPSA) is 76.2 Å². The minimum Gasteiger partial charge on any atom is -0.465 e. The second-order valence-electron chi connectivity index (χ2n) is 20.3. The molecule has 0 radical (unpaired) electrons. The molecule has 64 heavy (non-hydrogen) atoms. The van der Waals surface area contributed by atoms with Gasteiger partial charge in [0.25, 0.3) is 0 Å². The Morgan fingerprint density at radius 3 is 1.06 bits per heavy atom. The average molecular weight is 906 g/mol. The van der Waals surface area contributed by atoms with Crippen molar-refractivity contribution in [1.29, 1.82) is 0 Å². The summed E-state index contributed by atoms with van der Waals surface area (Å²) < 4.78 is 11.8. The molecule has 3 unspecified atom stereocenters. The van der Waals surface area contributed by atoms with Gasteiger partial charge in [0.15, 0.2) is 0 Å². The molecule has 0 aromatic rings. The van der Waals surface area contributed by atoms with Crippen molar-refractivity contribution in [3.63, 3.8) is 0 Å². The fourth-order valence-corrected chi connectivity index (χ4v) is 9.36. The second-order valence-corrected chi connectivity index (χ2v) is 20.3. The van der Waals surface area contributed by atoms with E-state index < -0.39 is 0 Å². The van der Waals surface area contributed by atoms with Gasteiger partial charge in [-0.2, -0.15) is 0 Å². The standard InChI is InChI=1S/C57H112N2O5/c1-8-13-18-23-26-32-42-53(40-30-22-17-12-5)51-64-57(62)47-37-28-34-44-54(59(49-38-48-58(6)7)55(60)45-35-25-20-15-10-3)43-33-27-36-46-56(61)63-50-52(39-29-21-16-11-4)41-31-24-19-14-9-2/h52-54H,8-51H2,1-7H3. The van der Waals surface area contributed by atoms with Crippen LogP contribution in [-0.2, 0) is 23.9 Å². The molecule has 0 aliphatic rings. The van der Waals surface area contributed by atoms with E-state index in [0.29, 0.717) is 50.2 Å². The van der Waals surface area contributed by atoms with Crippen LogP contribution in [0.2, 0.25) is 0 Å². The monoisotopic (exact) mass is 905 g/mol. The van der Waals surface area contributed by atoms with Gasteiger partial charge in [-0.05, 0) is 96.7 Å². The SMILES string of the molecule is CCCCCCCCC(CCCCCC)COC(=O)CCCCCC(CCCCCC(=O)OCC(CCCCCC)CCCCCCC)N(CCCN(C)C)C(=O)CCCCCCC. The van der Waals surface area contributed by atoms with Crippen LogP contribution in [0, 0.1) is 11.8 Å². The molecule has 0 aliphatic carbocycles. The van der Waals surface area contributed by atoms with E-state index in [1.54, 1.807) is 0 Å². The number of esters is 2. The van der Waals surface area contributed by atoms with Crippen LogP contribution in [0.4, 0.5) is 0 Å². The molecule has 0 saturated carbocycles. The second kappa shape index (κ2) is 47.8. The van der Waals surface area contributed by atoms with Gasteiger partial charge in [-0.25, -0.2) is 0 Å². The molecule has 0 aliphatic heterocycles. The highest BCUT2D eigenvalue weighted by molar-refractivity contribution is 5.76. The largest absolute Gasteiger partial charge is 0.465 e. The Hall–Kier alpha value is -1.63. The molecule has 0 aromatic carbocycles. The van der Waals surface area contributed by atoms with Crippen LogP contribution in [-0.4, -0.2) is 74.1 Å². The Kier molecular flexibility index (Phi) is 46.6. The highest BCUT2D eigenvalue weighted by atomic mass is 16.5. The summed E-state index contributed by atoms with van der Waals surface area (Å²) in [4.78, 5) is 44.3. The predicted molar refractivity (Wildman–Crippen MR) is 276 cm³/mol. The summed E-state index contributed by atoms with van der Waals surface area (Å²) in [6.45, 7) is 14.2. The van der Waals surface area contributed by atoms with Crippen LogP contribution in [0.25, 0.3) is 0 Å². The Labute approximate surface area is 399 Å². The van der Waals surface area contributed by atoms with Gasteiger partial charge in [0.2, 0.25) is 5.91 Å². The maximum atomic E-state index is 13.9. The van der Waals surface area contributed by atoms with Crippen LogP contribution >= 0.6 is 0 Å². The summed E-state index contributed by atoms with van der Waals surface area (Å²) in [6.07, 6.45) is 45.0. The molecule has 0 heterocycles. The third-order valence-corrected chi connectivity index (χ3v) is 13.7. The number of nitrogens with zero attached hydrogens (tertiary/aromatic N) is 2. The number of carbonyl (C=O) groups excluding carboxylic acids is 3. The number of ether oxygens (including phenoxy) is 2. The van der Waals surface area contributed by atoms with E-state index in [9.17, 15) is 14.4 Å². The normalized spacial score (nSPS) is 13.0. The molecule has 0 saturated heterocycles. The molecule has 0 bridgehead atoms. The van der Waals surface area contributed by atoms with Crippen LogP contribution in [0.15, 0.2) is 0 Å². The van der Waals surface area contributed by atoms with E-state index in [1.807, 2.05) is 0 Å². The highest BCUT2D eigenvalue weighted by Crippen LogP contribution is 2.24. The van der Waals surface area contributed by atoms with Crippen molar-refractivity contribution >= 4 is 17.8 Å². The Balaban J connectivity index is 5.29. The summed E-state index contributed by atoms with van der Waals surface area (Å²) in [6, 6.07) is 0.199. The smallest absolute Gasteiger partial charge is 0.305 e. The molecule has 7 nitrogen and oxygen atoms in total. The first kappa shape index (κ1) is 62.4. The zero-order chi connectivity index (χ0) is 47.1. The van der Waals surface area contributed by atoms with Crippen molar-refractivity contribution in [2.24, 2.45) is 11.8 Å². The Bertz CT molecular complexity index is 1020. The van der Waals surface area contributed by atoms with Crippen molar-refractivity contribution < 1.29 is 23.9 Å². The molecule has 3 atom stereocenters. The zero-order valence-electron chi connectivity index (χ0n) is 44.3. The fourth-order valence-electron chi connectivity index (χ4n) is 9.36. The van der Waals surface area contributed by atoms with Gasteiger partial charge in [-0.15, -0.1) is 0 Å². The number of hydrogen-bond acceptors (Lipinski definition) is 6. The molecular weight excluding hydrogens is 793 g/mol. The molecule has 0 rings (SSSR count). The predicted octanol–water partition coefficient (Wildman–Crippen LogP) is 16.8. The van der Waals surface area contributed by atoms with Crippen molar-refractivity contribution in [2.75, 3.05) is 40.4 Å². The van der Waals surface area contributed by atoms with E-state index in [2.05, 4.69) is 58.5 Å². The van der Waals surface area contributed by atoms with Gasteiger partial charge in [-0.1, -0.05) is 208 Å². The van der Waals surface area contributed by atoms with E-state index in [-0.39, 0.29) is 18.0 Å². The van der Waals surface area contributed by atoms with Crippen molar-refractivity contribution in [1.82, 2.24) is 9.80 Å². The van der Waals surface area contributed by atoms with Gasteiger partial charge in [0, 0.05) is 31.8 Å². The molecule has 7 heteroatoms. The summed E-state index contributed by atoms with van der Waals surface area (Å²) >= 11 is 0. The number of amides is 1. The summed E-state index contributed by atoms with van der Waals surface area (Å²) in [5.74, 6) is 1.22. The lowest BCUT2D eigenvalue weighted by molar-refractivity contribution is -0.146. The molecule has 0 aromatic heterocycles. The van der Waals surface area contributed by atoms with Crippen LogP contribution in [0.5, 0.6) is 0 Å². The average Bonchev–Trinajstić information content (AvgIpc) is 3.28. The minimum atomic E-state index is -0.0384. The van der Waals surface area contributed by atoms with Crippen LogP contribution in [0.3, 0.4) is 0 Å². The van der Waals surface area contributed by atoms with E-state index in [4.69, 9.17) is 9.47 Å². The lowest BCUT2D eigenvalue weighted by Gasteiger charge is -2.33. The third kappa shape index (κ3) is 40.6. The minimum absolute atomic E-state index is 0.0370. The van der Waals surface area contributed by atoms with Gasteiger partial charge in [0.05, 0.1) is 13.2 Å². The lowest BCUT2D eigenvalue weighted by atomic mass is 9.95. The lowest BCUT2D eigenvalue weighted by Crippen LogP contribution is -2.41. The molecule has 1 amide bonds. The summed E-state index contributed by atoms with van der Waals surface area (Å²) in [7, 11) is 4.22. The van der Waals surface area contributed by atoms with Crippen molar-refractivity contribution in [3.8, 4) is 0 Å².